The van der Waals surface area contributed by atoms with E-state index in [1.165, 1.54) is 0 Å². The van der Waals surface area contributed by atoms with Gasteiger partial charge in [0.25, 0.3) is 0 Å². The molecule has 1 amide bonds. The summed E-state index contributed by atoms with van der Waals surface area (Å²) >= 11 is 0. The van der Waals surface area contributed by atoms with Gasteiger partial charge >= 0.3 is 0 Å². The van der Waals surface area contributed by atoms with Crippen LogP contribution in [-0.2, 0) is 11.2 Å². The smallest absolute Gasteiger partial charge is 0.227 e. The molecule has 3 rings (SSSR count). The lowest BCUT2D eigenvalue weighted by atomic mass is 10.1. The van der Waals surface area contributed by atoms with Crippen LogP contribution in [0.25, 0.3) is 11.1 Å². The summed E-state index contributed by atoms with van der Waals surface area (Å²) in [5.74, 6) is 0.852. The molecule has 21 heavy (non-hydrogen) atoms. The third-order valence-electron chi connectivity index (χ3n) is 4.09. The number of fused-ring (bicyclic) bond motifs is 1. The minimum absolute atomic E-state index is 0.196. The number of aromatic nitrogens is 1. The number of oxazole rings is 1. The minimum Gasteiger partial charge on any atom is -0.441 e. The maximum Gasteiger partial charge on any atom is 0.227 e. The Labute approximate surface area is 124 Å². The number of rotatable bonds is 3. The van der Waals surface area contributed by atoms with Crippen LogP contribution in [0.1, 0.15) is 18.4 Å². The number of benzene rings is 1. The van der Waals surface area contributed by atoms with Gasteiger partial charge in [0.15, 0.2) is 11.5 Å². The quantitative estimate of drug-likeness (QED) is 0.864. The maximum atomic E-state index is 12.4. The summed E-state index contributed by atoms with van der Waals surface area (Å²) < 4.78 is 5.52. The zero-order valence-corrected chi connectivity index (χ0v) is 12.6. The van der Waals surface area contributed by atoms with Gasteiger partial charge < -0.3 is 14.2 Å². The molecule has 1 aromatic carbocycles. The van der Waals surface area contributed by atoms with Crippen LogP contribution in [0, 0.1) is 6.92 Å². The van der Waals surface area contributed by atoms with Crippen molar-refractivity contribution < 1.29 is 9.21 Å². The summed E-state index contributed by atoms with van der Waals surface area (Å²) in [5, 5.41) is 0. The summed E-state index contributed by atoms with van der Waals surface area (Å²) in [6, 6.07) is 5.81. The third-order valence-corrected chi connectivity index (χ3v) is 4.09. The van der Waals surface area contributed by atoms with Crippen molar-refractivity contribution in [2.75, 3.05) is 32.7 Å². The molecular formula is C16H21N3O2. The average Bonchev–Trinajstić information content (AvgIpc) is 2.86. The predicted molar refractivity (Wildman–Crippen MR) is 81.1 cm³/mol. The second-order valence-corrected chi connectivity index (χ2v) is 5.53. The lowest BCUT2D eigenvalue weighted by Gasteiger charge is -2.34. The molecule has 0 unspecified atom stereocenters. The first-order chi connectivity index (χ1) is 10.2. The zero-order valence-electron chi connectivity index (χ0n) is 12.6. The van der Waals surface area contributed by atoms with Gasteiger partial charge in [0, 0.05) is 33.1 Å². The first-order valence-electron chi connectivity index (χ1n) is 7.52. The van der Waals surface area contributed by atoms with E-state index >= 15 is 0 Å². The molecule has 0 radical (unpaired) electrons. The number of piperazine rings is 1. The fraction of sp³-hybridized carbons (Fsp3) is 0.500. The molecule has 0 saturated carbocycles. The molecule has 112 valence electrons. The van der Waals surface area contributed by atoms with Crippen molar-refractivity contribution in [3.05, 3.63) is 29.7 Å². The van der Waals surface area contributed by atoms with Gasteiger partial charge in [0.05, 0.1) is 6.42 Å². The maximum absolute atomic E-state index is 12.4. The van der Waals surface area contributed by atoms with Crippen LogP contribution in [0.2, 0.25) is 0 Å². The molecule has 1 saturated heterocycles. The lowest BCUT2D eigenvalue weighted by molar-refractivity contribution is -0.132. The van der Waals surface area contributed by atoms with E-state index in [4.69, 9.17) is 4.42 Å². The summed E-state index contributed by atoms with van der Waals surface area (Å²) in [6.07, 6.45) is 0.432. The van der Waals surface area contributed by atoms with Crippen LogP contribution in [0.15, 0.2) is 22.6 Å². The molecule has 0 bridgehead atoms. The number of hydrogen-bond donors (Lipinski definition) is 0. The first kappa shape index (κ1) is 14.1. The van der Waals surface area contributed by atoms with Crippen LogP contribution >= 0.6 is 0 Å². The number of carbonyl (C=O) groups is 1. The Kier molecular flexibility index (Phi) is 3.92. The Morgan fingerprint density at radius 2 is 2.05 bits per heavy atom. The summed E-state index contributed by atoms with van der Waals surface area (Å²) in [6.45, 7) is 8.66. The van der Waals surface area contributed by atoms with Crippen LogP contribution in [0.3, 0.4) is 0 Å². The monoisotopic (exact) mass is 287 g/mol. The van der Waals surface area contributed by atoms with Crippen LogP contribution in [0.5, 0.6) is 0 Å². The largest absolute Gasteiger partial charge is 0.441 e. The Hall–Kier alpha value is -1.88. The molecule has 2 aromatic rings. The topological polar surface area (TPSA) is 49.6 Å². The molecule has 0 spiro atoms. The molecular weight excluding hydrogens is 266 g/mol. The van der Waals surface area contributed by atoms with Crippen molar-refractivity contribution in [2.45, 2.75) is 20.3 Å². The van der Waals surface area contributed by atoms with Gasteiger partial charge in [-0.15, -0.1) is 0 Å². The molecule has 0 N–H and O–H groups in total. The first-order valence-corrected chi connectivity index (χ1v) is 7.52. The van der Waals surface area contributed by atoms with E-state index in [1.54, 1.807) is 0 Å². The highest BCUT2D eigenvalue weighted by Gasteiger charge is 2.20. The van der Waals surface area contributed by atoms with Gasteiger partial charge in [0.1, 0.15) is 5.52 Å². The van der Waals surface area contributed by atoms with Gasteiger partial charge in [-0.2, -0.15) is 0 Å². The van der Waals surface area contributed by atoms with Gasteiger partial charge in [-0.1, -0.05) is 13.0 Å². The zero-order chi connectivity index (χ0) is 14.8. The Morgan fingerprint density at radius 3 is 2.76 bits per heavy atom. The van der Waals surface area contributed by atoms with Crippen molar-refractivity contribution in [3.8, 4) is 0 Å². The number of amides is 1. The fourth-order valence-electron chi connectivity index (χ4n) is 2.79. The van der Waals surface area contributed by atoms with Crippen molar-refractivity contribution in [1.29, 1.82) is 0 Å². The Balaban J connectivity index is 1.65. The highest BCUT2D eigenvalue weighted by atomic mass is 16.3. The van der Waals surface area contributed by atoms with Gasteiger partial charge in [0.2, 0.25) is 5.91 Å². The van der Waals surface area contributed by atoms with Crippen molar-refractivity contribution >= 4 is 17.0 Å². The number of hydrogen-bond acceptors (Lipinski definition) is 4. The van der Waals surface area contributed by atoms with Crippen LogP contribution in [-0.4, -0.2) is 53.4 Å². The standard InChI is InChI=1S/C16H21N3O2/c1-3-18-6-8-19(9-7-18)16(20)11-13-4-5-14-15(10-13)21-12(2)17-14/h4-5,10H,3,6-9,11H2,1-2H3. The van der Waals surface area contributed by atoms with E-state index in [-0.39, 0.29) is 5.91 Å². The van der Waals surface area contributed by atoms with Crippen molar-refractivity contribution in [3.63, 3.8) is 0 Å². The van der Waals surface area contributed by atoms with E-state index < -0.39 is 0 Å². The van der Waals surface area contributed by atoms with E-state index in [0.717, 1.165) is 49.4 Å². The molecule has 5 nitrogen and oxygen atoms in total. The van der Waals surface area contributed by atoms with Crippen molar-refractivity contribution in [2.24, 2.45) is 0 Å². The average molecular weight is 287 g/mol. The Bertz CT molecular complexity index is 642. The lowest BCUT2D eigenvalue weighted by Crippen LogP contribution is -2.48. The van der Waals surface area contributed by atoms with E-state index in [1.807, 2.05) is 30.0 Å². The van der Waals surface area contributed by atoms with Gasteiger partial charge in [-0.05, 0) is 24.2 Å². The predicted octanol–water partition coefficient (Wildman–Crippen LogP) is 1.84. The molecule has 0 atom stereocenters. The Morgan fingerprint density at radius 1 is 1.29 bits per heavy atom. The summed E-state index contributed by atoms with van der Waals surface area (Å²) in [7, 11) is 0. The summed E-state index contributed by atoms with van der Waals surface area (Å²) in [4.78, 5) is 21.0. The van der Waals surface area contributed by atoms with Crippen LogP contribution < -0.4 is 0 Å². The number of likely N-dealkylation sites (N-methyl/N-ethyl adjacent to an activating group) is 1. The molecule has 1 aliphatic heterocycles. The minimum atomic E-state index is 0.196. The van der Waals surface area contributed by atoms with E-state index in [9.17, 15) is 4.79 Å². The molecule has 5 heteroatoms. The number of nitrogens with zero attached hydrogens (tertiary/aromatic N) is 3. The van der Waals surface area contributed by atoms with Crippen molar-refractivity contribution in [1.82, 2.24) is 14.8 Å². The molecule has 1 fully saturated rings. The molecule has 0 aliphatic carbocycles. The molecule has 1 aromatic heterocycles. The fourth-order valence-corrected chi connectivity index (χ4v) is 2.79. The normalized spacial score (nSPS) is 16.6. The van der Waals surface area contributed by atoms with E-state index in [2.05, 4.69) is 16.8 Å². The van der Waals surface area contributed by atoms with Gasteiger partial charge in [-0.25, -0.2) is 4.98 Å². The van der Waals surface area contributed by atoms with Crippen LogP contribution in [0.4, 0.5) is 0 Å². The SMILES string of the molecule is CCN1CCN(C(=O)Cc2ccc3nc(C)oc3c2)CC1. The second-order valence-electron chi connectivity index (χ2n) is 5.53. The number of carbonyl (C=O) groups excluding carboxylic acids is 1. The van der Waals surface area contributed by atoms with E-state index in [0.29, 0.717) is 12.3 Å². The highest BCUT2D eigenvalue weighted by molar-refractivity contribution is 5.81. The molecule has 2 heterocycles. The molecule has 1 aliphatic rings. The number of aryl methyl sites for hydroxylation is 1. The second kappa shape index (κ2) is 5.85. The highest BCUT2D eigenvalue weighted by Crippen LogP contribution is 2.17. The van der Waals surface area contributed by atoms with Gasteiger partial charge in [-0.3, -0.25) is 4.79 Å². The summed E-state index contributed by atoms with van der Waals surface area (Å²) in [5.41, 5.74) is 2.59. The third kappa shape index (κ3) is 3.08.